The van der Waals surface area contributed by atoms with E-state index in [4.69, 9.17) is 9.47 Å². The predicted octanol–water partition coefficient (Wildman–Crippen LogP) is 3.72. The first-order valence-corrected chi connectivity index (χ1v) is 12.2. The first-order chi connectivity index (χ1) is 17.0. The van der Waals surface area contributed by atoms with Crippen LogP contribution in [0.2, 0.25) is 0 Å². The second-order valence-corrected chi connectivity index (χ2v) is 9.31. The molecule has 3 aromatic rings. The number of hydrogen-bond donors (Lipinski definition) is 2. The molecule has 9 nitrogen and oxygen atoms in total. The number of nitrogens with zero attached hydrogens (tertiary/aromatic N) is 3. The number of hydrogen-bond acceptors (Lipinski definition) is 8. The molecule has 2 aliphatic rings. The molecule has 0 aliphatic carbocycles. The van der Waals surface area contributed by atoms with Gasteiger partial charge < -0.3 is 20.1 Å². The maximum atomic E-state index is 14.4. The molecule has 2 amide bonds. The quantitative estimate of drug-likeness (QED) is 0.454. The van der Waals surface area contributed by atoms with Gasteiger partial charge in [0.25, 0.3) is 0 Å². The smallest absolute Gasteiger partial charge is 0.414 e. The molecule has 1 saturated heterocycles. The molecule has 5 rings (SSSR count). The van der Waals surface area contributed by atoms with Crippen molar-refractivity contribution in [1.29, 1.82) is 0 Å². The van der Waals surface area contributed by atoms with Crippen LogP contribution in [0.15, 0.2) is 41.4 Å². The lowest BCUT2D eigenvalue weighted by Gasteiger charge is -2.20. The summed E-state index contributed by atoms with van der Waals surface area (Å²) in [4.78, 5) is 35.1. The number of methoxy groups -OCH3 is 1. The number of carbonyl (C=O) groups excluding carboxylic acids is 2. The molecule has 1 fully saturated rings. The number of fused-ring (bicyclic) bond motifs is 2. The Labute approximate surface area is 205 Å². The monoisotopic (exact) mass is 497 g/mol. The average Bonchev–Trinajstić information content (AvgIpc) is 3.23. The van der Waals surface area contributed by atoms with E-state index in [1.54, 1.807) is 11.0 Å². The molecule has 1 unspecified atom stereocenters. The maximum Gasteiger partial charge on any atom is 0.414 e. The Morgan fingerprint density at radius 1 is 1.29 bits per heavy atom. The van der Waals surface area contributed by atoms with Crippen molar-refractivity contribution in [3.8, 4) is 5.88 Å². The Hall–Kier alpha value is -3.44. The summed E-state index contributed by atoms with van der Waals surface area (Å²) < 4.78 is 25.0. The Morgan fingerprint density at radius 2 is 2.17 bits per heavy atom. The van der Waals surface area contributed by atoms with Crippen LogP contribution in [-0.2, 0) is 16.1 Å². The van der Waals surface area contributed by atoms with Gasteiger partial charge in [-0.25, -0.2) is 19.2 Å². The van der Waals surface area contributed by atoms with Gasteiger partial charge in [0.15, 0.2) is 0 Å². The highest BCUT2D eigenvalue weighted by molar-refractivity contribution is 8.00. The van der Waals surface area contributed by atoms with Crippen molar-refractivity contribution in [3.05, 3.63) is 47.9 Å². The Bertz CT molecular complexity index is 1290. The Kier molecular flexibility index (Phi) is 6.69. The Balaban J connectivity index is 1.11. The van der Waals surface area contributed by atoms with Crippen LogP contribution in [0.1, 0.15) is 18.4 Å². The Morgan fingerprint density at radius 3 is 3.03 bits per heavy atom. The van der Waals surface area contributed by atoms with Gasteiger partial charge in [0.2, 0.25) is 11.8 Å². The molecule has 11 heteroatoms. The van der Waals surface area contributed by atoms with Gasteiger partial charge >= 0.3 is 6.09 Å². The molecular formula is C24H24FN5O4S. The standard InChI is InChI=1S/C24H24FN5O4S/c1-33-23-11-27-18-7-14(17(25)9-19(18)29-23)10-26-6-2-3-16-12-30(24(32)34-16)15-4-5-21-20(8-15)28-22(31)13-35-21/h4-5,7-9,11,16,26H,2-3,6,10,12-13H2,1H3,(H,28,31). The van der Waals surface area contributed by atoms with Crippen LogP contribution in [0.25, 0.3) is 11.0 Å². The first-order valence-electron chi connectivity index (χ1n) is 11.2. The zero-order chi connectivity index (χ0) is 24.4. The summed E-state index contributed by atoms with van der Waals surface area (Å²) in [6.45, 7) is 1.44. The highest BCUT2D eigenvalue weighted by Gasteiger charge is 2.32. The molecule has 3 heterocycles. The minimum Gasteiger partial charge on any atom is -0.480 e. The van der Waals surface area contributed by atoms with E-state index < -0.39 is 6.09 Å². The summed E-state index contributed by atoms with van der Waals surface area (Å²) in [7, 11) is 1.49. The highest BCUT2D eigenvalue weighted by atomic mass is 32.2. The number of halogens is 1. The molecule has 1 atom stereocenters. The number of anilines is 2. The minimum atomic E-state index is -0.395. The summed E-state index contributed by atoms with van der Waals surface area (Å²) in [6, 6.07) is 8.63. The first kappa shape index (κ1) is 23.3. The summed E-state index contributed by atoms with van der Waals surface area (Å²) in [5.74, 6) is 0.329. The summed E-state index contributed by atoms with van der Waals surface area (Å²) in [6.07, 6.45) is 2.32. The van der Waals surface area contributed by atoms with Crippen molar-refractivity contribution in [2.24, 2.45) is 0 Å². The molecule has 2 N–H and O–H groups in total. The second kappa shape index (κ2) is 10.0. The van der Waals surface area contributed by atoms with Crippen LogP contribution >= 0.6 is 11.8 Å². The molecule has 0 saturated carbocycles. The number of benzene rings is 2. The van der Waals surface area contributed by atoms with Crippen molar-refractivity contribution >= 4 is 46.2 Å². The van der Waals surface area contributed by atoms with Gasteiger partial charge in [0, 0.05) is 28.8 Å². The number of cyclic esters (lactones) is 1. The normalized spacial score (nSPS) is 17.3. The molecule has 2 aromatic carbocycles. The van der Waals surface area contributed by atoms with E-state index >= 15 is 0 Å². The van der Waals surface area contributed by atoms with Gasteiger partial charge in [-0.15, -0.1) is 11.8 Å². The third kappa shape index (κ3) is 5.15. The summed E-state index contributed by atoms with van der Waals surface area (Å²) in [5.41, 5.74) is 2.97. The van der Waals surface area contributed by atoms with Gasteiger partial charge in [-0.2, -0.15) is 0 Å². The molecule has 0 spiro atoms. The van der Waals surface area contributed by atoms with Crippen LogP contribution in [0.5, 0.6) is 5.88 Å². The van der Waals surface area contributed by atoms with Crippen LogP contribution in [0.4, 0.5) is 20.6 Å². The van der Waals surface area contributed by atoms with Crippen molar-refractivity contribution in [1.82, 2.24) is 15.3 Å². The van der Waals surface area contributed by atoms with E-state index in [0.29, 0.717) is 60.0 Å². The number of rotatable bonds is 8. The largest absolute Gasteiger partial charge is 0.480 e. The number of amides is 2. The van der Waals surface area contributed by atoms with Crippen molar-refractivity contribution < 1.29 is 23.5 Å². The van der Waals surface area contributed by atoms with Crippen LogP contribution < -0.4 is 20.3 Å². The minimum absolute atomic E-state index is 0.0502. The summed E-state index contributed by atoms with van der Waals surface area (Å²) >= 11 is 1.48. The predicted molar refractivity (Wildman–Crippen MR) is 130 cm³/mol. The van der Waals surface area contributed by atoms with Gasteiger partial charge in [-0.3, -0.25) is 9.69 Å². The van der Waals surface area contributed by atoms with Crippen LogP contribution in [-0.4, -0.2) is 54.0 Å². The number of thioether (sulfide) groups is 1. The van der Waals surface area contributed by atoms with E-state index in [9.17, 15) is 14.0 Å². The van der Waals surface area contributed by atoms with Crippen LogP contribution in [0, 0.1) is 5.82 Å². The molecule has 2 aliphatic heterocycles. The van der Waals surface area contributed by atoms with Crippen molar-refractivity contribution in [3.63, 3.8) is 0 Å². The third-order valence-electron chi connectivity index (χ3n) is 5.87. The molecule has 1 aromatic heterocycles. The lowest BCUT2D eigenvalue weighted by molar-refractivity contribution is -0.113. The van der Waals surface area contributed by atoms with E-state index in [1.807, 2.05) is 18.2 Å². The van der Waals surface area contributed by atoms with Crippen LogP contribution in [0.3, 0.4) is 0 Å². The van der Waals surface area contributed by atoms with Gasteiger partial charge in [-0.05, 0) is 43.7 Å². The number of aromatic nitrogens is 2. The van der Waals surface area contributed by atoms with E-state index in [1.165, 1.54) is 31.1 Å². The lowest BCUT2D eigenvalue weighted by Crippen LogP contribution is -2.25. The zero-order valence-corrected chi connectivity index (χ0v) is 19.9. The number of nitrogens with one attached hydrogen (secondary N) is 2. The van der Waals surface area contributed by atoms with Gasteiger partial charge in [-0.1, -0.05) is 0 Å². The highest BCUT2D eigenvalue weighted by Crippen LogP contribution is 2.35. The van der Waals surface area contributed by atoms with E-state index in [2.05, 4.69) is 20.6 Å². The zero-order valence-electron chi connectivity index (χ0n) is 19.0. The summed E-state index contributed by atoms with van der Waals surface area (Å²) in [5, 5.41) is 6.08. The number of ether oxygens (including phenoxy) is 2. The lowest BCUT2D eigenvalue weighted by atomic mass is 10.1. The number of carbonyl (C=O) groups is 2. The van der Waals surface area contributed by atoms with E-state index in [0.717, 1.165) is 17.0 Å². The molecule has 0 radical (unpaired) electrons. The molecule has 0 bridgehead atoms. The SMILES string of the molecule is COc1cnc2cc(CNCCCC3CN(c4ccc5c(c4)NC(=O)CS5)C(=O)O3)c(F)cc2n1. The van der Waals surface area contributed by atoms with Gasteiger partial charge in [0.1, 0.15) is 11.9 Å². The fourth-order valence-electron chi connectivity index (χ4n) is 4.09. The molecule has 35 heavy (non-hydrogen) atoms. The fraction of sp³-hybridized carbons (Fsp3) is 0.333. The molecule has 182 valence electrons. The van der Waals surface area contributed by atoms with E-state index in [-0.39, 0.29) is 17.8 Å². The topological polar surface area (TPSA) is 106 Å². The fourth-order valence-corrected chi connectivity index (χ4v) is 4.88. The maximum absolute atomic E-state index is 14.4. The third-order valence-corrected chi connectivity index (χ3v) is 6.95. The van der Waals surface area contributed by atoms with Crippen molar-refractivity contribution in [2.75, 3.05) is 36.2 Å². The second-order valence-electron chi connectivity index (χ2n) is 8.30. The van der Waals surface area contributed by atoms with Crippen molar-refractivity contribution in [2.45, 2.75) is 30.4 Å². The average molecular weight is 498 g/mol. The molecular weight excluding hydrogens is 473 g/mol. The van der Waals surface area contributed by atoms with Gasteiger partial charge in [0.05, 0.1) is 42.3 Å².